The van der Waals surface area contributed by atoms with Crippen molar-refractivity contribution >= 4 is 39.1 Å². The van der Waals surface area contributed by atoms with E-state index in [1.807, 2.05) is 30.5 Å². The van der Waals surface area contributed by atoms with Gasteiger partial charge in [0.25, 0.3) is 5.91 Å². The number of hydrogen-bond acceptors (Lipinski definition) is 6. The predicted molar refractivity (Wildman–Crippen MR) is 116 cm³/mol. The number of nitrogens with zero attached hydrogens (tertiary/aromatic N) is 3. The average molecular weight is 454 g/mol. The summed E-state index contributed by atoms with van der Waals surface area (Å²) in [6.07, 6.45) is 3.64. The summed E-state index contributed by atoms with van der Waals surface area (Å²) in [4.78, 5) is 23.3. The van der Waals surface area contributed by atoms with E-state index < -0.39 is 15.9 Å². The van der Waals surface area contributed by atoms with Gasteiger partial charge in [-0.05, 0) is 29.7 Å². The number of thioether (sulfide) groups is 1. The van der Waals surface area contributed by atoms with Gasteiger partial charge in [-0.1, -0.05) is 61.5 Å². The first kappa shape index (κ1) is 22.1. The smallest absolute Gasteiger partial charge is 0.274 e. The minimum atomic E-state index is -3.15. The van der Waals surface area contributed by atoms with Crippen LogP contribution in [0.3, 0.4) is 0 Å². The van der Waals surface area contributed by atoms with Gasteiger partial charge in [-0.15, -0.1) is 0 Å². The number of amides is 1. The largest absolute Gasteiger partial charge is 0.329 e. The van der Waals surface area contributed by atoms with Crippen LogP contribution in [-0.4, -0.2) is 53.0 Å². The minimum absolute atomic E-state index is 0.0408. The number of aromatic nitrogens is 2. The highest BCUT2D eigenvalue weighted by atomic mass is 35.5. The molecule has 3 rings (SSSR count). The topological polar surface area (TPSA) is 80.2 Å². The van der Waals surface area contributed by atoms with Crippen LogP contribution in [0, 0.1) is 0 Å². The van der Waals surface area contributed by atoms with Crippen molar-refractivity contribution in [1.82, 2.24) is 14.9 Å². The van der Waals surface area contributed by atoms with E-state index in [0.717, 1.165) is 5.56 Å². The zero-order valence-electron chi connectivity index (χ0n) is 16.6. The third-order valence-electron chi connectivity index (χ3n) is 5.02. The van der Waals surface area contributed by atoms with Crippen molar-refractivity contribution < 1.29 is 13.2 Å². The van der Waals surface area contributed by atoms with E-state index >= 15 is 0 Å². The van der Waals surface area contributed by atoms with Gasteiger partial charge in [-0.2, -0.15) is 0 Å². The molecule has 9 heteroatoms. The zero-order chi connectivity index (χ0) is 21.2. The molecule has 0 bridgehead atoms. The molecule has 1 aromatic carbocycles. The second-order valence-corrected chi connectivity index (χ2v) is 10.8. The predicted octanol–water partition coefficient (Wildman–Crippen LogP) is 3.80. The lowest BCUT2D eigenvalue weighted by molar-refractivity contribution is 0.0674. The summed E-state index contributed by atoms with van der Waals surface area (Å²) in [5.41, 5.74) is 2.25. The van der Waals surface area contributed by atoms with E-state index in [2.05, 4.69) is 23.8 Å². The van der Waals surface area contributed by atoms with Gasteiger partial charge in [0.1, 0.15) is 0 Å². The Balaban J connectivity index is 1.94. The maximum atomic E-state index is 13.4. The molecule has 1 amide bonds. The normalized spacial score (nSPS) is 18.2. The molecule has 1 atom stereocenters. The molecular weight excluding hydrogens is 430 g/mol. The Morgan fingerprint density at radius 1 is 1.31 bits per heavy atom. The number of sulfone groups is 1. The number of rotatable bonds is 6. The van der Waals surface area contributed by atoms with E-state index in [-0.39, 0.29) is 28.1 Å². The van der Waals surface area contributed by atoms with Crippen LogP contribution in [0.5, 0.6) is 0 Å². The van der Waals surface area contributed by atoms with Crippen LogP contribution in [0.1, 0.15) is 47.8 Å². The molecule has 2 aromatic rings. The second kappa shape index (κ2) is 9.02. The fourth-order valence-corrected chi connectivity index (χ4v) is 5.57. The van der Waals surface area contributed by atoms with Gasteiger partial charge < -0.3 is 4.90 Å². The third-order valence-corrected chi connectivity index (χ3v) is 7.61. The average Bonchev–Trinajstić information content (AvgIpc) is 3.05. The Morgan fingerprint density at radius 2 is 2.00 bits per heavy atom. The number of hydrogen-bond donors (Lipinski definition) is 0. The molecular formula is C20H24ClN3O3S2. The molecule has 0 radical (unpaired) electrons. The summed E-state index contributed by atoms with van der Waals surface area (Å²) < 4.78 is 24.1. The maximum Gasteiger partial charge on any atom is 0.274 e. The first-order valence-electron chi connectivity index (χ1n) is 9.37. The fraction of sp³-hybridized carbons (Fsp3) is 0.450. The Kier molecular flexibility index (Phi) is 6.86. The second-order valence-electron chi connectivity index (χ2n) is 7.44. The first-order valence-corrected chi connectivity index (χ1v) is 12.8. The van der Waals surface area contributed by atoms with Gasteiger partial charge >= 0.3 is 0 Å². The molecule has 0 saturated carbocycles. The zero-order valence-corrected chi connectivity index (χ0v) is 19.0. The molecule has 0 unspecified atom stereocenters. The van der Waals surface area contributed by atoms with Crippen LogP contribution in [0.25, 0.3) is 0 Å². The van der Waals surface area contributed by atoms with Crippen LogP contribution in [0.2, 0.25) is 5.02 Å². The number of carbonyl (C=O) groups excluding carboxylic acids is 1. The van der Waals surface area contributed by atoms with Gasteiger partial charge in [0.2, 0.25) is 0 Å². The lowest BCUT2D eigenvalue weighted by atomic mass is 10.0. The number of benzene rings is 1. The number of carbonyl (C=O) groups is 1. The first-order chi connectivity index (χ1) is 13.7. The van der Waals surface area contributed by atoms with Crippen LogP contribution < -0.4 is 0 Å². The Labute approximate surface area is 181 Å². The highest BCUT2D eigenvalue weighted by molar-refractivity contribution is 7.98. The summed E-state index contributed by atoms with van der Waals surface area (Å²) >= 11 is 7.53. The van der Waals surface area contributed by atoms with E-state index in [0.29, 0.717) is 24.0 Å². The van der Waals surface area contributed by atoms with Gasteiger partial charge in [-0.3, -0.25) is 4.79 Å². The lowest BCUT2D eigenvalue weighted by Crippen LogP contribution is -2.41. The summed E-state index contributed by atoms with van der Waals surface area (Å²) in [5, 5.41) is 0.604. The summed E-state index contributed by atoms with van der Waals surface area (Å²) in [6, 6.07) is 7.64. The van der Waals surface area contributed by atoms with E-state index in [1.54, 1.807) is 4.90 Å². The quantitative estimate of drug-likeness (QED) is 0.488. The molecule has 29 heavy (non-hydrogen) atoms. The van der Waals surface area contributed by atoms with Crippen molar-refractivity contribution in [3.05, 3.63) is 52.3 Å². The summed E-state index contributed by atoms with van der Waals surface area (Å²) in [5.74, 6) is 0.0802. The van der Waals surface area contributed by atoms with Crippen LogP contribution >= 0.6 is 23.4 Å². The molecule has 1 fully saturated rings. The molecule has 0 N–H and O–H groups in total. The molecule has 0 spiro atoms. The highest BCUT2D eigenvalue weighted by Gasteiger charge is 2.36. The van der Waals surface area contributed by atoms with Crippen molar-refractivity contribution in [2.45, 2.75) is 43.9 Å². The van der Waals surface area contributed by atoms with E-state index in [4.69, 9.17) is 11.6 Å². The monoisotopic (exact) mass is 453 g/mol. The van der Waals surface area contributed by atoms with Crippen LogP contribution in [0.4, 0.5) is 0 Å². The lowest BCUT2D eigenvalue weighted by Gasteiger charge is -2.28. The van der Waals surface area contributed by atoms with Crippen molar-refractivity contribution in [1.29, 1.82) is 0 Å². The summed E-state index contributed by atoms with van der Waals surface area (Å²) in [7, 11) is -3.15. The van der Waals surface area contributed by atoms with Crippen LogP contribution in [0.15, 0.2) is 35.6 Å². The van der Waals surface area contributed by atoms with Crippen molar-refractivity contribution in [2.24, 2.45) is 0 Å². The molecule has 156 valence electrons. The van der Waals surface area contributed by atoms with Crippen LogP contribution in [-0.2, 0) is 16.4 Å². The Hall–Kier alpha value is -1.64. The summed E-state index contributed by atoms with van der Waals surface area (Å²) in [6.45, 7) is 4.54. The van der Waals surface area contributed by atoms with E-state index in [1.165, 1.54) is 23.5 Å². The molecule has 1 saturated heterocycles. The molecule has 0 aliphatic carbocycles. The number of halogens is 1. The molecule has 1 aromatic heterocycles. The van der Waals surface area contributed by atoms with Gasteiger partial charge in [0.05, 0.1) is 22.7 Å². The fourth-order valence-electron chi connectivity index (χ4n) is 3.33. The maximum absolute atomic E-state index is 13.4. The SMILES string of the molecule is CSc1ncc(Cl)c(C(=O)N(Cc2ccc(C(C)C)cc2)[C@H]2CCS(=O)(=O)C2)n1. The standard InChI is InChI=1S/C20H24ClN3O3S2/c1-13(2)15-6-4-14(5-7-15)11-24(16-8-9-29(26,27)12-16)19(25)18-17(21)10-22-20(23-18)28-3/h4-7,10,13,16H,8-9,11-12H2,1-3H3/t16-/m0/s1. The van der Waals surface area contributed by atoms with E-state index in [9.17, 15) is 13.2 Å². The molecule has 1 aliphatic heterocycles. The van der Waals surface area contributed by atoms with Crippen molar-refractivity contribution in [3.8, 4) is 0 Å². The third kappa shape index (κ3) is 5.29. The van der Waals surface area contributed by atoms with Gasteiger partial charge in [0.15, 0.2) is 20.7 Å². The molecule has 1 aliphatic rings. The van der Waals surface area contributed by atoms with Crippen molar-refractivity contribution in [3.63, 3.8) is 0 Å². The van der Waals surface area contributed by atoms with Gasteiger partial charge in [0, 0.05) is 12.6 Å². The molecule has 2 heterocycles. The molecule has 6 nitrogen and oxygen atoms in total. The highest BCUT2D eigenvalue weighted by Crippen LogP contribution is 2.25. The van der Waals surface area contributed by atoms with Crippen molar-refractivity contribution in [2.75, 3.05) is 17.8 Å². The Bertz CT molecular complexity index is 995. The Morgan fingerprint density at radius 3 is 2.55 bits per heavy atom. The van der Waals surface area contributed by atoms with Gasteiger partial charge in [-0.25, -0.2) is 18.4 Å². The minimum Gasteiger partial charge on any atom is -0.329 e.